The molecule has 3 atom stereocenters. The Morgan fingerprint density at radius 1 is 0.902 bits per heavy atom. The van der Waals surface area contributed by atoms with Gasteiger partial charge < -0.3 is 25.4 Å². The van der Waals surface area contributed by atoms with Crippen LogP contribution in [0, 0.1) is 33.6 Å². The Labute approximate surface area is 245 Å². The van der Waals surface area contributed by atoms with E-state index in [9.17, 15) is 19.5 Å². The lowest BCUT2D eigenvalue weighted by molar-refractivity contribution is -0.144. The number of nitrogens with zero attached hydrogens (tertiary/aromatic N) is 1. The molecule has 3 N–H and O–H groups in total. The number of aliphatic hydroxyl groups excluding tert-OH is 1. The van der Waals surface area contributed by atoms with Gasteiger partial charge in [0.25, 0.3) is 5.91 Å². The number of carbonyl (C=O) groups excluding carboxylic acids is 3. The van der Waals surface area contributed by atoms with Crippen molar-refractivity contribution in [2.45, 2.75) is 106 Å². The summed E-state index contributed by atoms with van der Waals surface area (Å²) in [4.78, 5) is 42.6. The monoisotopic (exact) mass is 567 g/mol. The number of rotatable bonds is 11. The van der Waals surface area contributed by atoms with Crippen molar-refractivity contribution in [2.24, 2.45) is 5.92 Å². The number of alkyl carbamates (subject to hydrolysis) is 1. The molecule has 0 radical (unpaired) electrons. The van der Waals surface area contributed by atoms with E-state index in [0.717, 1.165) is 28.7 Å². The number of para-hydroxylation sites is 1. The maximum absolute atomic E-state index is 14.2. The van der Waals surface area contributed by atoms with Crippen molar-refractivity contribution in [3.63, 3.8) is 0 Å². The fourth-order valence-electron chi connectivity index (χ4n) is 4.70. The van der Waals surface area contributed by atoms with E-state index in [-0.39, 0.29) is 11.9 Å². The van der Waals surface area contributed by atoms with Gasteiger partial charge in [0.1, 0.15) is 17.7 Å². The van der Waals surface area contributed by atoms with Crippen molar-refractivity contribution < 1.29 is 24.2 Å². The molecule has 3 unspecified atom stereocenters. The summed E-state index contributed by atoms with van der Waals surface area (Å²) in [6.45, 7) is 18.4. The summed E-state index contributed by atoms with van der Waals surface area (Å²) >= 11 is 0. The predicted octanol–water partition coefficient (Wildman–Crippen LogP) is 6.14. The normalized spacial score (nSPS) is 13.8. The van der Waals surface area contributed by atoms with Crippen molar-refractivity contribution in [3.8, 4) is 0 Å². The summed E-state index contributed by atoms with van der Waals surface area (Å²) in [6, 6.07) is 8.81. The van der Waals surface area contributed by atoms with Gasteiger partial charge in [0, 0.05) is 11.7 Å². The molecule has 0 fully saturated rings. The topological polar surface area (TPSA) is 108 Å². The molecule has 2 aromatic rings. The van der Waals surface area contributed by atoms with Crippen molar-refractivity contribution in [3.05, 3.63) is 64.2 Å². The first-order valence-corrected chi connectivity index (χ1v) is 14.4. The molecule has 0 bridgehead atoms. The number of nitrogens with one attached hydrogen (secondary N) is 2. The summed E-state index contributed by atoms with van der Waals surface area (Å²) in [6.07, 6.45) is 0.640. The second-order valence-electron chi connectivity index (χ2n) is 12.4. The number of hydrogen-bond donors (Lipinski definition) is 3. The molecule has 0 spiro atoms. The van der Waals surface area contributed by atoms with E-state index in [1.54, 1.807) is 20.8 Å². The fraction of sp³-hybridized carbons (Fsp3) is 0.545. The van der Waals surface area contributed by atoms with Gasteiger partial charge in [-0.3, -0.25) is 9.59 Å². The summed E-state index contributed by atoms with van der Waals surface area (Å²) < 4.78 is 5.36. The zero-order chi connectivity index (χ0) is 31.1. The first-order valence-electron chi connectivity index (χ1n) is 14.4. The van der Waals surface area contributed by atoms with Crippen molar-refractivity contribution in [1.82, 2.24) is 10.2 Å². The lowest BCUT2D eigenvalue weighted by Crippen LogP contribution is -2.56. The molecule has 0 saturated heterocycles. The average Bonchev–Trinajstić information content (AvgIpc) is 2.86. The first kappa shape index (κ1) is 33.8. The number of aryl methyl sites for hydroxylation is 4. The largest absolute Gasteiger partial charge is 0.444 e. The molecule has 0 heterocycles. The van der Waals surface area contributed by atoms with E-state index in [1.807, 2.05) is 71.0 Å². The van der Waals surface area contributed by atoms with Gasteiger partial charge >= 0.3 is 6.09 Å². The Morgan fingerprint density at radius 3 is 2.02 bits per heavy atom. The zero-order valence-electron chi connectivity index (χ0n) is 26.4. The molecule has 0 aliphatic rings. The Morgan fingerprint density at radius 2 is 1.51 bits per heavy atom. The SMILES string of the molecule is Cc1ccc(C(C(=O)Nc2c(C)cccc2C)N(C(=O)C(CO)NC(=O)OC(C)(C)C)C(C)CCC(C)C)cc1C. The van der Waals surface area contributed by atoms with Crippen LogP contribution >= 0.6 is 0 Å². The first-order chi connectivity index (χ1) is 19.0. The third-order valence-electron chi connectivity index (χ3n) is 7.17. The lowest BCUT2D eigenvalue weighted by Gasteiger charge is -2.38. The molecular formula is C33H49N3O5. The summed E-state index contributed by atoms with van der Waals surface area (Å²) in [5.74, 6) is -0.551. The standard InChI is InChI=1S/C33H49N3O5/c1-20(2)14-16-25(7)36(31(39)27(19-37)34-32(40)41-33(8,9)10)29(26-17-15-21(3)24(6)18-26)30(38)35-28-22(4)12-11-13-23(28)5/h11-13,15,17-18,20,25,27,29,37H,14,16,19H2,1-10H3,(H,34,40)(H,35,38). The van der Waals surface area contributed by atoms with E-state index in [1.165, 1.54) is 4.90 Å². The van der Waals surface area contributed by atoms with Crippen molar-refractivity contribution >= 4 is 23.6 Å². The molecule has 0 saturated carbocycles. The number of anilines is 1. The highest BCUT2D eigenvalue weighted by Gasteiger charge is 2.39. The molecule has 3 amide bonds. The zero-order valence-corrected chi connectivity index (χ0v) is 26.4. The Kier molecular flexibility index (Phi) is 11.9. The number of aliphatic hydroxyl groups is 1. The second-order valence-corrected chi connectivity index (χ2v) is 12.4. The number of benzene rings is 2. The minimum Gasteiger partial charge on any atom is -0.444 e. The third kappa shape index (κ3) is 9.59. The molecule has 226 valence electrons. The van der Waals surface area contributed by atoms with Crippen molar-refractivity contribution in [1.29, 1.82) is 0 Å². The molecule has 8 heteroatoms. The maximum Gasteiger partial charge on any atom is 0.408 e. The van der Waals surface area contributed by atoms with E-state index in [4.69, 9.17) is 4.74 Å². The summed E-state index contributed by atoms with van der Waals surface area (Å²) in [5, 5.41) is 15.9. The maximum atomic E-state index is 14.2. The number of carbonyl (C=O) groups is 3. The second kappa shape index (κ2) is 14.5. The average molecular weight is 568 g/mol. The molecule has 41 heavy (non-hydrogen) atoms. The highest BCUT2D eigenvalue weighted by molar-refractivity contribution is 6.00. The molecule has 0 aliphatic carbocycles. The van der Waals surface area contributed by atoms with Gasteiger partial charge in [0.05, 0.1) is 6.61 Å². The molecule has 8 nitrogen and oxygen atoms in total. The fourth-order valence-corrected chi connectivity index (χ4v) is 4.70. The third-order valence-corrected chi connectivity index (χ3v) is 7.17. The van der Waals surface area contributed by atoms with Crippen LogP contribution in [0.15, 0.2) is 36.4 Å². The van der Waals surface area contributed by atoms with Gasteiger partial charge in [-0.05, 0) is 102 Å². The Balaban J connectivity index is 2.65. The minimum atomic E-state index is -1.30. The van der Waals surface area contributed by atoms with Gasteiger partial charge in [-0.1, -0.05) is 50.2 Å². The molecular weight excluding hydrogens is 518 g/mol. The van der Waals surface area contributed by atoms with Crippen molar-refractivity contribution in [2.75, 3.05) is 11.9 Å². The van der Waals surface area contributed by atoms with Gasteiger partial charge in [-0.15, -0.1) is 0 Å². The summed E-state index contributed by atoms with van der Waals surface area (Å²) in [7, 11) is 0. The van der Waals surface area contributed by atoms with Crippen LogP contribution in [-0.4, -0.2) is 52.2 Å². The quantitative estimate of drug-likeness (QED) is 0.302. The van der Waals surface area contributed by atoms with E-state index in [0.29, 0.717) is 23.6 Å². The van der Waals surface area contributed by atoms with Crippen LogP contribution in [0.4, 0.5) is 10.5 Å². The smallest absolute Gasteiger partial charge is 0.408 e. The molecule has 0 aromatic heterocycles. The Bertz CT molecular complexity index is 1200. The Hall–Kier alpha value is -3.39. The van der Waals surface area contributed by atoms with Crippen LogP contribution in [0.3, 0.4) is 0 Å². The van der Waals surface area contributed by atoms with Gasteiger partial charge in [-0.25, -0.2) is 4.79 Å². The van der Waals surface area contributed by atoms with Crippen LogP contribution in [-0.2, 0) is 14.3 Å². The minimum absolute atomic E-state index is 0.371. The van der Waals surface area contributed by atoms with Gasteiger partial charge in [-0.2, -0.15) is 0 Å². The highest BCUT2D eigenvalue weighted by Crippen LogP contribution is 2.31. The molecule has 2 aromatic carbocycles. The number of ether oxygens (including phenoxy) is 1. The van der Waals surface area contributed by atoms with Crippen LogP contribution in [0.25, 0.3) is 0 Å². The van der Waals surface area contributed by atoms with Crippen LogP contribution in [0.2, 0.25) is 0 Å². The van der Waals surface area contributed by atoms with E-state index >= 15 is 0 Å². The summed E-state index contributed by atoms with van der Waals surface area (Å²) in [5.41, 5.74) is 4.42. The predicted molar refractivity (Wildman–Crippen MR) is 164 cm³/mol. The van der Waals surface area contributed by atoms with Crippen LogP contribution in [0.1, 0.15) is 88.2 Å². The highest BCUT2D eigenvalue weighted by atomic mass is 16.6. The van der Waals surface area contributed by atoms with Gasteiger partial charge in [0.2, 0.25) is 5.91 Å². The number of hydrogen-bond acceptors (Lipinski definition) is 5. The van der Waals surface area contributed by atoms with E-state index in [2.05, 4.69) is 24.5 Å². The molecule has 2 rings (SSSR count). The molecule has 0 aliphatic heterocycles. The van der Waals surface area contributed by atoms with Crippen LogP contribution < -0.4 is 10.6 Å². The van der Waals surface area contributed by atoms with E-state index < -0.39 is 36.3 Å². The number of amides is 3. The lowest BCUT2D eigenvalue weighted by atomic mass is 9.95. The van der Waals surface area contributed by atoms with Crippen LogP contribution in [0.5, 0.6) is 0 Å². The van der Waals surface area contributed by atoms with Gasteiger partial charge in [0.15, 0.2) is 0 Å².